The van der Waals surface area contributed by atoms with Gasteiger partial charge in [0, 0.05) is 18.6 Å². The van der Waals surface area contributed by atoms with Gasteiger partial charge in [0.25, 0.3) is 5.56 Å². The highest BCUT2D eigenvalue weighted by Crippen LogP contribution is 2.14. The van der Waals surface area contributed by atoms with Crippen molar-refractivity contribution < 1.29 is 4.79 Å². The van der Waals surface area contributed by atoms with Crippen molar-refractivity contribution in [3.05, 3.63) is 75.3 Å². The standard InChI is InChI=1S/C20H20ClN3O2/c1-3-14-4-6-15(7-5-14)11-23(2)19(25)12-24-13-22-18-9-8-16(21)10-17(18)20(24)26/h4-10,13H,3,11-12H2,1-2H3. The topological polar surface area (TPSA) is 55.2 Å². The van der Waals surface area contributed by atoms with Gasteiger partial charge in [-0.1, -0.05) is 42.8 Å². The number of aryl methyl sites for hydroxylation is 1. The molecule has 26 heavy (non-hydrogen) atoms. The van der Waals surface area contributed by atoms with Crippen LogP contribution >= 0.6 is 11.6 Å². The van der Waals surface area contributed by atoms with Gasteiger partial charge in [-0.15, -0.1) is 0 Å². The van der Waals surface area contributed by atoms with E-state index in [1.807, 2.05) is 12.1 Å². The molecule has 0 radical (unpaired) electrons. The Bertz CT molecular complexity index is 996. The number of fused-ring (bicyclic) bond motifs is 1. The number of hydrogen-bond acceptors (Lipinski definition) is 3. The highest BCUT2D eigenvalue weighted by Gasteiger charge is 2.13. The number of rotatable bonds is 5. The summed E-state index contributed by atoms with van der Waals surface area (Å²) in [6.07, 6.45) is 2.39. The van der Waals surface area contributed by atoms with Crippen LogP contribution in [0.4, 0.5) is 0 Å². The monoisotopic (exact) mass is 369 g/mol. The van der Waals surface area contributed by atoms with Crippen molar-refractivity contribution in [1.82, 2.24) is 14.5 Å². The van der Waals surface area contributed by atoms with Gasteiger partial charge >= 0.3 is 0 Å². The molecule has 0 unspecified atom stereocenters. The fraction of sp³-hybridized carbons (Fsp3) is 0.250. The molecule has 0 aliphatic rings. The second-order valence-corrected chi connectivity index (χ2v) is 6.70. The molecule has 0 atom stereocenters. The third kappa shape index (κ3) is 3.94. The molecular formula is C20H20ClN3O2. The average Bonchev–Trinajstić information content (AvgIpc) is 2.65. The summed E-state index contributed by atoms with van der Waals surface area (Å²) in [5.41, 5.74) is 2.60. The van der Waals surface area contributed by atoms with Crippen LogP contribution in [0.5, 0.6) is 0 Å². The normalized spacial score (nSPS) is 10.9. The molecule has 0 bridgehead atoms. The molecule has 134 valence electrons. The number of hydrogen-bond donors (Lipinski definition) is 0. The highest BCUT2D eigenvalue weighted by molar-refractivity contribution is 6.31. The Labute approximate surface area is 156 Å². The number of amides is 1. The number of carbonyl (C=O) groups excluding carboxylic acids is 1. The third-order valence-electron chi connectivity index (χ3n) is 4.37. The Morgan fingerprint density at radius 2 is 1.85 bits per heavy atom. The Morgan fingerprint density at radius 3 is 2.54 bits per heavy atom. The number of likely N-dealkylation sites (N-methyl/N-ethyl adjacent to an activating group) is 1. The fourth-order valence-corrected chi connectivity index (χ4v) is 2.92. The number of aromatic nitrogens is 2. The van der Waals surface area contributed by atoms with Crippen LogP contribution in [0.2, 0.25) is 5.02 Å². The van der Waals surface area contributed by atoms with Gasteiger partial charge in [0.05, 0.1) is 17.2 Å². The number of carbonyl (C=O) groups is 1. The molecular weight excluding hydrogens is 350 g/mol. The summed E-state index contributed by atoms with van der Waals surface area (Å²) in [6.45, 7) is 2.54. The van der Waals surface area contributed by atoms with Crippen molar-refractivity contribution in [1.29, 1.82) is 0 Å². The minimum Gasteiger partial charge on any atom is -0.340 e. The summed E-state index contributed by atoms with van der Waals surface area (Å²) in [4.78, 5) is 30.9. The maximum absolute atomic E-state index is 12.6. The van der Waals surface area contributed by atoms with E-state index in [-0.39, 0.29) is 18.0 Å². The zero-order chi connectivity index (χ0) is 18.7. The largest absolute Gasteiger partial charge is 0.340 e. The summed E-state index contributed by atoms with van der Waals surface area (Å²) >= 11 is 5.96. The first-order chi connectivity index (χ1) is 12.5. The van der Waals surface area contributed by atoms with Gasteiger partial charge < -0.3 is 4.90 Å². The van der Waals surface area contributed by atoms with Gasteiger partial charge in [0.15, 0.2) is 0 Å². The summed E-state index contributed by atoms with van der Waals surface area (Å²) in [5.74, 6) is -0.158. The molecule has 2 aromatic carbocycles. The minimum atomic E-state index is -0.272. The lowest BCUT2D eigenvalue weighted by Gasteiger charge is -2.18. The molecule has 0 spiro atoms. The summed E-state index contributed by atoms with van der Waals surface area (Å²) in [7, 11) is 1.73. The second-order valence-electron chi connectivity index (χ2n) is 6.26. The van der Waals surface area contributed by atoms with Crippen LogP contribution in [0.1, 0.15) is 18.1 Å². The molecule has 1 aromatic heterocycles. The van der Waals surface area contributed by atoms with Crippen molar-refractivity contribution in [2.75, 3.05) is 7.05 Å². The van der Waals surface area contributed by atoms with Crippen molar-refractivity contribution in [3.8, 4) is 0 Å². The lowest BCUT2D eigenvalue weighted by Crippen LogP contribution is -2.33. The van der Waals surface area contributed by atoms with Crippen LogP contribution in [0.25, 0.3) is 10.9 Å². The highest BCUT2D eigenvalue weighted by atomic mass is 35.5. The van der Waals surface area contributed by atoms with Gasteiger partial charge in [0.2, 0.25) is 5.91 Å². The van der Waals surface area contributed by atoms with E-state index in [0.29, 0.717) is 22.5 Å². The Morgan fingerprint density at radius 1 is 1.15 bits per heavy atom. The molecule has 0 saturated heterocycles. The lowest BCUT2D eigenvalue weighted by atomic mass is 10.1. The zero-order valence-electron chi connectivity index (χ0n) is 14.8. The molecule has 1 amide bonds. The molecule has 3 aromatic rings. The van der Waals surface area contributed by atoms with Gasteiger partial charge in [-0.3, -0.25) is 14.2 Å². The quantitative estimate of drug-likeness (QED) is 0.693. The van der Waals surface area contributed by atoms with E-state index in [9.17, 15) is 9.59 Å². The second kappa shape index (κ2) is 7.70. The predicted molar refractivity (Wildman–Crippen MR) is 103 cm³/mol. The van der Waals surface area contributed by atoms with Crippen LogP contribution in [-0.2, 0) is 24.3 Å². The number of nitrogens with zero attached hydrogens (tertiary/aromatic N) is 3. The Hall–Kier alpha value is -2.66. The van der Waals surface area contributed by atoms with Crippen molar-refractivity contribution >= 4 is 28.4 Å². The zero-order valence-corrected chi connectivity index (χ0v) is 15.5. The summed E-state index contributed by atoms with van der Waals surface area (Å²) in [5, 5.41) is 0.874. The van der Waals surface area contributed by atoms with Crippen LogP contribution in [0, 0.1) is 0 Å². The van der Waals surface area contributed by atoms with Gasteiger partial charge in [-0.2, -0.15) is 0 Å². The molecule has 0 aliphatic heterocycles. The first-order valence-electron chi connectivity index (χ1n) is 8.44. The Kier molecular flexibility index (Phi) is 5.38. The van der Waals surface area contributed by atoms with E-state index in [2.05, 4.69) is 24.0 Å². The SMILES string of the molecule is CCc1ccc(CN(C)C(=O)Cn2cnc3ccc(Cl)cc3c2=O)cc1. The van der Waals surface area contributed by atoms with Crippen LogP contribution in [-0.4, -0.2) is 27.4 Å². The molecule has 0 N–H and O–H groups in total. The molecule has 3 rings (SSSR count). The Balaban J connectivity index is 1.75. The summed E-state index contributed by atoms with van der Waals surface area (Å²) < 4.78 is 1.32. The van der Waals surface area contributed by atoms with Gasteiger partial charge in [0.1, 0.15) is 6.54 Å². The molecule has 1 heterocycles. The maximum Gasteiger partial charge on any atom is 0.261 e. The smallest absolute Gasteiger partial charge is 0.261 e. The van der Waals surface area contributed by atoms with Crippen molar-refractivity contribution in [2.45, 2.75) is 26.4 Å². The van der Waals surface area contributed by atoms with E-state index in [0.717, 1.165) is 12.0 Å². The van der Waals surface area contributed by atoms with E-state index in [1.54, 1.807) is 30.1 Å². The van der Waals surface area contributed by atoms with E-state index >= 15 is 0 Å². The van der Waals surface area contributed by atoms with E-state index in [4.69, 9.17) is 11.6 Å². The van der Waals surface area contributed by atoms with Crippen molar-refractivity contribution in [3.63, 3.8) is 0 Å². The van der Waals surface area contributed by atoms with Crippen LogP contribution in [0.3, 0.4) is 0 Å². The van der Waals surface area contributed by atoms with E-state index < -0.39 is 0 Å². The molecule has 0 saturated carbocycles. The molecule has 6 heteroatoms. The van der Waals surface area contributed by atoms with Crippen LogP contribution < -0.4 is 5.56 Å². The van der Waals surface area contributed by atoms with Gasteiger partial charge in [-0.05, 0) is 35.7 Å². The number of halogens is 1. The molecule has 0 aliphatic carbocycles. The third-order valence-corrected chi connectivity index (χ3v) is 4.60. The lowest BCUT2D eigenvalue weighted by molar-refractivity contribution is -0.131. The maximum atomic E-state index is 12.6. The van der Waals surface area contributed by atoms with Gasteiger partial charge in [-0.25, -0.2) is 4.98 Å². The first-order valence-corrected chi connectivity index (χ1v) is 8.82. The number of benzene rings is 2. The predicted octanol–water partition coefficient (Wildman–Crippen LogP) is 3.27. The molecule has 5 nitrogen and oxygen atoms in total. The van der Waals surface area contributed by atoms with Crippen molar-refractivity contribution in [2.24, 2.45) is 0 Å². The molecule has 0 fully saturated rings. The summed E-state index contributed by atoms with van der Waals surface area (Å²) in [6, 6.07) is 13.1. The van der Waals surface area contributed by atoms with E-state index in [1.165, 1.54) is 16.5 Å². The first kappa shape index (κ1) is 18.1. The minimum absolute atomic E-state index is 0.0577. The average molecular weight is 370 g/mol. The fourth-order valence-electron chi connectivity index (χ4n) is 2.75. The van der Waals surface area contributed by atoms with Crippen LogP contribution in [0.15, 0.2) is 53.6 Å².